The van der Waals surface area contributed by atoms with E-state index >= 15 is 0 Å². The maximum Gasteiger partial charge on any atom is 0.328 e. The second kappa shape index (κ2) is 7.17. The lowest BCUT2D eigenvalue weighted by Gasteiger charge is -2.09. The van der Waals surface area contributed by atoms with Gasteiger partial charge in [-0.05, 0) is 30.7 Å². The molecule has 1 rings (SSSR count). The molecule has 0 unspecified atom stereocenters. The molecule has 0 aromatic heterocycles. The molecule has 0 aliphatic carbocycles. The van der Waals surface area contributed by atoms with Crippen molar-refractivity contribution in [2.45, 2.75) is 6.92 Å². The number of rotatable bonds is 6. The highest BCUT2D eigenvalue weighted by Gasteiger charge is 2.03. The largest absolute Gasteiger partial charge is 0.493 e. The quantitative estimate of drug-likeness (QED) is 0.786. The molecular weight excluding hydrogens is 232 g/mol. The third kappa shape index (κ3) is 4.33. The number of methoxy groups -OCH3 is 1. The minimum absolute atomic E-state index is 0.186. The van der Waals surface area contributed by atoms with Gasteiger partial charge in [0.05, 0.1) is 7.11 Å². The molecule has 96 valence electrons. The van der Waals surface area contributed by atoms with Gasteiger partial charge >= 0.3 is 5.97 Å². The smallest absolute Gasteiger partial charge is 0.328 e. The lowest BCUT2D eigenvalue weighted by Crippen LogP contribution is -1.98. The van der Waals surface area contributed by atoms with Gasteiger partial charge in [-0.15, -0.1) is 0 Å². The average Bonchev–Trinajstić information content (AvgIpc) is 2.35. The van der Waals surface area contributed by atoms with Crippen LogP contribution in [0.5, 0.6) is 11.5 Å². The van der Waals surface area contributed by atoms with Gasteiger partial charge in [0.25, 0.3) is 0 Å². The first-order chi connectivity index (χ1) is 8.67. The fourth-order valence-corrected chi connectivity index (χ4v) is 1.39. The molecule has 18 heavy (non-hydrogen) atoms. The Morgan fingerprint density at radius 2 is 2.17 bits per heavy atom. The van der Waals surface area contributed by atoms with E-state index in [-0.39, 0.29) is 6.61 Å². The van der Waals surface area contributed by atoms with E-state index in [0.29, 0.717) is 11.5 Å². The zero-order valence-electron chi connectivity index (χ0n) is 10.4. The van der Waals surface area contributed by atoms with Crippen LogP contribution in [-0.2, 0) is 4.79 Å². The summed E-state index contributed by atoms with van der Waals surface area (Å²) in [6.45, 7) is 2.12. The van der Waals surface area contributed by atoms with Crippen LogP contribution in [-0.4, -0.2) is 24.8 Å². The summed E-state index contributed by atoms with van der Waals surface area (Å²) in [4.78, 5) is 10.3. The van der Waals surface area contributed by atoms with E-state index in [1.807, 2.05) is 31.2 Å². The van der Waals surface area contributed by atoms with Crippen LogP contribution in [0.25, 0.3) is 6.08 Å². The second-order valence-electron chi connectivity index (χ2n) is 3.46. The Hall–Kier alpha value is -2.23. The van der Waals surface area contributed by atoms with Gasteiger partial charge in [0.15, 0.2) is 11.5 Å². The van der Waals surface area contributed by atoms with Crippen molar-refractivity contribution in [3.8, 4) is 11.5 Å². The maximum absolute atomic E-state index is 10.3. The third-order valence-corrected chi connectivity index (χ3v) is 2.14. The van der Waals surface area contributed by atoms with Gasteiger partial charge in [0, 0.05) is 6.08 Å². The lowest BCUT2D eigenvalue weighted by molar-refractivity contribution is -0.131. The van der Waals surface area contributed by atoms with Crippen molar-refractivity contribution in [1.82, 2.24) is 0 Å². The van der Waals surface area contributed by atoms with Crippen LogP contribution in [0.4, 0.5) is 0 Å². The molecule has 1 aromatic carbocycles. The summed E-state index contributed by atoms with van der Waals surface area (Å²) in [5.74, 6) is 0.212. The number of hydrogen-bond acceptors (Lipinski definition) is 3. The number of carboxylic acids is 1. The molecule has 0 saturated heterocycles. The van der Waals surface area contributed by atoms with E-state index in [0.717, 1.165) is 11.6 Å². The Morgan fingerprint density at radius 1 is 1.39 bits per heavy atom. The van der Waals surface area contributed by atoms with Crippen molar-refractivity contribution in [2.75, 3.05) is 13.7 Å². The summed E-state index contributed by atoms with van der Waals surface area (Å²) >= 11 is 0. The molecule has 0 fully saturated rings. The van der Waals surface area contributed by atoms with Crippen LogP contribution in [0.15, 0.2) is 36.4 Å². The zero-order valence-corrected chi connectivity index (χ0v) is 10.4. The van der Waals surface area contributed by atoms with Gasteiger partial charge in [-0.3, -0.25) is 0 Å². The molecule has 0 radical (unpaired) electrons. The summed E-state index contributed by atoms with van der Waals surface area (Å²) in [7, 11) is 1.56. The van der Waals surface area contributed by atoms with Crippen molar-refractivity contribution in [3.63, 3.8) is 0 Å². The number of allylic oxidation sites excluding steroid dienone is 1. The standard InChI is InChI=1S/C14H16O4/c1-3-5-11-7-8-12(13(10-11)17-2)18-9-4-6-14(15)16/h3-8,10H,9H2,1-2H3,(H,15,16)/b5-3+,6-4+. The highest BCUT2D eigenvalue weighted by molar-refractivity contribution is 5.79. The first-order valence-electron chi connectivity index (χ1n) is 5.50. The van der Waals surface area contributed by atoms with E-state index in [4.69, 9.17) is 14.6 Å². The predicted octanol–water partition coefficient (Wildman–Crippen LogP) is 2.75. The van der Waals surface area contributed by atoms with Crippen molar-refractivity contribution >= 4 is 12.0 Å². The number of ether oxygens (including phenoxy) is 2. The molecule has 0 bridgehead atoms. The summed E-state index contributed by atoms with van der Waals surface area (Å²) in [6.07, 6.45) is 6.36. The van der Waals surface area contributed by atoms with Gasteiger partial charge in [0.2, 0.25) is 0 Å². The van der Waals surface area contributed by atoms with E-state index in [1.54, 1.807) is 13.2 Å². The molecule has 1 aromatic rings. The van der Waals surface area contributed by atoms with E-state index in [9.17, 15) is 4.79 Å². The number of carbonyl (C=O) groups is 1. The van der Waals surface area contributed by atoms with Crippen molar-refractivity contribution in [3.05, 3.63) is 42.0 Å². The van der Waals surface area contributed by atoms with Crippen LogP contribution in [0.2, 0.25) is 0 Å². The molecule has 4 heteroatoms. The summed E-state index contributed by atoms with van der Waals surface area (Å²) < 4.78 is 10.6. The van der Waals surface area contributed by atoms with Crippen LogP contribution in [0, 0.1) is 0 Å². The molecule has 0 spiro atoms. The van der Waals surface area contributed by atoms with Gasteiger partial charge in [-0.2, -0.15) is 0 Å². The van der Waals surface area contributed by atoms with Gasteiger partial charge < -0.3 is 14.6 Å². The van der Waals surface area contributed by atoms with Crippen molar-refractivity contribution in [2.24, 2.45) is 0 Å². The minimum Gasteiger partial charge on any atom is -0.493 e. The topological polar surface area (TPSA) is 55.8 Å². The minimum atomic E-state index is -0.992. The van der Waals surface area contributed by atoms with Crippen LogP contribution in [0.1, 0.15) is 12.5 Å². The number of carboxylic acid groups (broad SMARTS) is 1. The summed E-state index contributed by atoms with van der Waals surface area (Å²) in [6, 6.07) is 5.55. The second-order valence-corrected chi connectivity index (χ2v) is 3.46. The van der Waals surface area contributed by atoms with Crippen LogP contribution < -0.4 is 9.47 Å². The highest BCUT2D eigenvalue weighted by atomic mass is 16.5. The lowest BCUT2D eigenvalue weighted by atomic mass is 10.2. The maximum atomic E-state index is 10.3. The van der Waals surface area contributed by atoms with E-state index in [1.165, 1.54) is 6.08 Å². The Balaban J connectivity index is 2.73. The molecule has 0 saturated carbocycles. The van der Waals surface area contributed by atoms with Gasteiger partial charge in [-0.25, -0.2) is 4.79 Å². The molecule has 0 atom stereocenters. The Kier molecular flexibility index (Phi) is 5.51. The molecule has 0 aliphatic heterocycles. The average molecular weight is 248 g/mol. The van der Waals surface area contributed by atoms with Crippen LogP contribution in [0.3, 0.4) is 0 Å². The Morgan fingerprint density at radius 3 is 2.78 bits per heavy atom. The number of aliphatic carboxylic acids is 1. The fourth-order valence-electron chi connectivity index (χ4n) is 1.39. The predicted molar refractivity (Wildman–Crippen MR) is 70.0 cm³/mol. The van der Waals surface area contributed by atoms with Crippen LogP contribution >= 0.6 is 0 Å². The molecular formula is C14H16O4. The molecule has 4 nitrogen and oxygen atoms in total. The van der Waals surface area contributed by atoms with E-state index < -0.39 is 5.97 Å². The van der Waals surface area contributed by atoms with Gasteiger partial charge in [-0.1, -0.05) is 18.2 Å². The fraction of sp³-hybridized carbons (Fsp3) is 0.214. The normalized spacial score (nSPS) is 11.0. The monoisotopic (exact) mass is 248 g/mol. The first kappa shape index (κ1) is 13.8. The number of hydrogen-bond donors (Lipinski definition) is 1. The molecule has 0 amide bonds. The summed E-state index contributed by atoms with van der Waals surface area (Å²) in [5, 5.41) is 8.43. The Labute approximate surface area is 106 Å². The first-order valence-corrected chi connectivity index (χ1v) is 5.50. The number of benzene rings is 1. The van der Waals surface area contributed by atoms with Crippen molar-refractivity contribution in [1.29, 1.82) is 0 Å². The molecule has 0 heterocycles. The van der Waals surface area contributed by atoms with Gasteiger partial charge in [0.1, 0.15) is 6.61 Å². The van der Waals surface area contributed by atoms with Crippen molar-refractivity contribution < 1.29 is 19.4 Å². The highest BCUT2D eigenvalue weighted by Crippen LogP contribution is 2.28. The summed E-state index contributed by atoms with van der Waals surface area (Å²) in [5.41, 5.74) is 1.02. The molecule has 0 aliphatic rings. The SMILES string of the molecule is C/C=C/c1ccc(OC/C=C/C(=O)O)c(OC)c1. The third-order valence-electron chi connectivity index (χ3n) is 2.14. The Bertz CT molecular complexity index is 461. The molecule has 1 N–H and O–H groups in total. The zero-order chi connectivity index (χ0) is 13.4. The van der Waals surface area contributed by atoms with E-state index in [2.05, 4.69) is 0 Å².